The normalized spacial score (nSPS) is 11.5. The minimum absolute atomic E-state index is 0.478. The van der Waals surface area contributed by atoms with Gasteiger partial charge in [-0.1, -0.05) is 30.3 Å². The molecule has 0 amide bonds. The number of fused-ring (bicyclic) bond motifs is 3. The van der Waals surface area contributed by atoms with E-state index < -0.39 is 0 Å². The number of benzene rings is 2. The molecule has 0 spiro atoms. The Morgan fingerprint density at radius 1 is 1.00 bits per heavy atom. The van der Waals surface area contributed by atoms with Gasteiger partial charge in [0.1, 0.15) is 11.3 Å². The van der Waals surface area contributed by atoms with E-state index in [2.05, 4.69) is 28.4 Å². The summed E-state index contributed by atoms with van der Waals surface area (Å²) in [5.41, 5.74) is 6.97. The van der Waals surface area contributed by atoms with E-state index in [1.54, 1.807) is 11.8 Å². The molecule has 3 heterocycles. The van der Waals surface area contributed by atoms with Gasteiger partial charge in [-0.3, -0.25) is 0 Å². The maximum atomic E-state index is 5.35. The molecule has 7 nitrogen and oxygen atoms in total. The number of nitrogens with zero attached hydrogens (tertiary/aromatic N) is 6. The Labute approximate surface area is 174 Å². The average molecular weight is 398 g/mol. The molecule has 5 aromatic rings. The lowest BCUT2D eigenvalue weighted by Crippen LogP contribution is -2.07. The largest absolute Gasteiger partial charge is 0.497 e. The Morgan fingerprint density at radius 3 is 2.67 bits per heavy atom. The highest BCUT2D eigenvalue weighted by Crippen LogP contribution is 2.26. The molecular formula is C23H22N6O. The molecular weight excluding hydrogens is 376 g/mol. The summed E-state index contributed by atoms with van der Waals surface area (Å²) in [5.74, 6) is 1.33. The Balaban J connectivity index is 1.59. The molecule has 3 aromatic heterocycles. The van der Waals surface area contributed by atoms with E-state index in [1.165, 1.54) is 5.56 Å². The fraction of sp³-hybridized carbons (Fsp3) is 0.217. The summed E-state index contributed by atoms with van der Waals surface area (Å²) in [5, 5.41) is 14.6. The highest BCUT2D eigenvalue weighted by Gasteiger charge is 2.18. The van der Waals surface area contributed by atoms with E-state index in [0.717, 1.165) is 51.2 Å². The zero-order chi connectivity index (χ0) is 20.8. The van der Waals surface area contributed by atoms with Crippen LogP contribution in [0.5, 0.6) is 5.75 Å². The lowest BCUT2D eigenvalue weighted by Gasteiger charge is -2.06. The van der Waals surface area contributed by atoms with Crippen LogP contribution < -0.4 is 4.74 Å². The summed E-state index contributed by atoms with van der Waals surface area (Å²) in [6.45, 7) is 4.06. The van der Waals surface area contributed by atoms with Crippen molar-refractivity contribution in [3.8, 4) is 11.7 Å². The quantitative estimate of drug-likeness (QED) is 0.459. The van der Waals surface area contributed by atoms with Gasteiger partial charge < -0.3 is 9.30 Å². The molecule has 0 saturated heterocycles. The minimum Gasteiger partial charge on any atom is -0.497 e. The third-order valence-electron chi connectivity index (χ3n) is 5.64. The van der Waals surface area contributed by atoms with Crippen molar-refractivity contribution >= 4 is 22.1 Å². The van der Waals surface area contributed by atoms with Crippen LogP contribution in [0.25, 0.3) is 28.0 Å². The van der Waals surface area contributed by atoms with Gasteiger partial charge >= 0.3 is 0 Å². The van der Waals surface area contributed by atoms with Crippen LogP contribution >= 0.6 is 0 Å². The van der Waals surface area contributed by atoms with Crippen LogP contribution in [0.1, 0.15) is 22.5 Å². The summed E-state index contributed by atoms with van der Waals surface area (Å²) in [6.07, 6.45) is 0.762. The number of para-hydroxylation sites is 1. The van der Waals surface area contributed by atoms with Crippen LogP contribution in [0.4, 0.5) is 0 Å². The number of methoxy groups -OCH3 is 1. The van der Waals surface area contributed by atoms with Gasteiger partial charge in [-0.05, 0) is 37.6 Å². The summed E-state index contributed by atoms with van der Waals surface area (Å²) < 4.78 is 9.19. The van der Waals surface area contributed by atoms with Crippen molar-refractivity contribution < 1.29 is 4.74 Å². The molecule has 0 aliphatic rings. The van der Waals surface area contributed by atoms with E-state index in [9.17, 15) is 0 Å². The monoisotopic (exact) mass is 398 g/mol. The first kappa shape index (κ1) is 18.3. The lowest BCUT2D eigenvalue weighted by molar-refractivity contribution is 0.414. The number of aromatic nitrogens is 6. The van der Waals surface area contributed by atoms with Gasteiger partial charge in [0.25, 0.3) is 5.95 Å². The number of hydrogen-bond donors (Lipinski definition) is 0. The number of hydrogen-bond acceptors (Lipinski definition) is 5. The van der Waals surface area contributed by atoms with Gasteiger partial charge in [0.2, 0.25) is 0 Å². The second-order valence-electron chi connectivity index (χ2n) is 7.45. The van der Waals surface area contributed by atoms with Gasteiger partial charge in [0, 0.05) is 30.1 Å². The topological polar surface area (TPSA) is 70.7 Å². The van der Waals surface area contributed by atoms with Crippen molar-refractivity contribution in [2.75, 3.05) is 7.11 Å². The van der Waals surface area contributed by atoms with Crippen LogP contribution in [0, 0.1) is 13.8 Å². The second-order valence-corrected chi connectivity index (χ2v) is 7.45. The minimum atomic E-state index is 0.478. The maximum absolute atomic E-state index is 5.35. The maximum Gasteiger partial charge on any atom is 0.272 e. The first-order chi connectivity index (χ1) is 14.6. The predicted octanol–water partition coefficient (Wildman–Crippen LogP) is 3.92. The van der Waals surface area contributed by atoms with Crippen molar-refractivity contribution in [2.45, 2.75) is 20.3 Å². The Morgan fingerprint density at radius 2 is 1.83 bits per heavy atom. The van der Waals surface area contributed by atoms with Gasteiger partial charge in [-0.2, -0.15) is 10.1 Å². The third-order valence-corrected chi connectivity index (χ3v) is 5.64. The number of ether oxygens (including phenoxy) is 1. The highest BCUT2D eigenvalue weighted by atomic mass is 16.5. The van der Waals surface area contributed by atoms with Crippen LogP contribution in [0.15, 0.2) is 48.5 Å². The van der Waals surface area contributed by atoms with Crippen LogP contribution in [0.3, 0.4) is 0 Å². The van der Waals surface area contributed by atoms with E-state index in [4.69, 9.17) is 14.8 Å². The van der Waals surface area contributed by atoms with E-state index in [0.29, 0.717) is 5.95 Å². The average Bonchev–Trinajstić information content (AvgIpc) is 3.22. The second kappa shape index (κ2) is 6.95. The summed E-state index contributed by atoms with van der Waals surface area (Å²) >= 11 is 0. The number of rotatable bonds is 4. The smallest absolute Gasteiger partial charge is 0.272 e. The van der Waals surface area contributed by atoms with Crippen LogP contribution in [0.2, 0.25) is 0 Å². The molecule has 2 aromatic carbocycles. The summed E-state index contributed by atoms with van der Waals surface area (Å²) in [4.78, 5) is 4.80. The first-order valence-corrected chi connectivity index (χ1v) is 9.83. The van der Waals surface area contributed by atoms with Crippen molar-refractivity contribution in [1.82, 2.24) is 29.5 Å². The molecule has 30 heavy (non-hydrogen) atoms. The highest BCUT2D eigenvalue weighted by molar-refractivity contribution is 6.03. The SMILES string of the molecule is COc1cccc(Cc2c(C)nn(-c3nnc4c5ccccc5n(C)c4n3)c2C)c1. The molecule has 0 radical (unpaired) electrons. The standard InChI is InChI=1S/C23H22N6O/c1-14-19(13-16-8-7-9-17(12-16)30-4)15(2)29(27-14)23-24-22-21(25-26-23)18-10-5-6-11-20(18)28(22)3/h5-12H,13H2,1-4H3. The predicted molar refractivity (Wildman–Crippen MR) is 116 cm³/mol. The summed E-state index contributed by atoms with van der Waals surface area (Å²) in [7, 11) is 3.68. The Kier molecular flexibility index (Phi) is 4.24. The van der Waals surface area contributed by atoms with Gasteiger partial charge in [-0.15, -0.1) is 10.2 Å². The molecule has 7 heteroatoms. The summed E-state index contributed by atoms with van der Waals surface area (Å²) in [6, 6.07) is 16.2. The van der Waals surface area contributed by atoms with E-state index in [1.807, 2.05) is 55.8 Å². The zero-order valence-electron chi connectivity index (χ0n) is 17.4. The van der Waals surface area contributed by atoms with Crippen molar-refractivity contribution in [3.05, 3.63) is 71.0 Å². The number of aryl methyl sites for hydroxylation is 2. The third kappa shape index (κ3) is 2.82. The molecule has 0 N–H and O–H groups in total. The molecule has 0 aliphatic heterocycles. The van der Waals surface area contributed by atoms with Gasteiger partial charge in [-0.25, -0.2) is 4.68 Å². The molecule has 0 bridgehead atoms. The Bertz CT molecular complexity index is 1400. The molecule has 0 aliphatic carbocycles. The van der Waals surface area contributed by atoms with Crippen LogP contribution in [-0.4, -0.2) is 36.6 Å². The molecule has 0 atom stereocenters. The van der Waals surface area contributed by atoms with Crippen LogP contribution in [-0.2, 0) is 13.5 Å². The van der Waals surface area contributed by atoms with E-state index >= 15 is 0 Å². The molecule has 0 unspecified atom stereocenters. The van der Waals surface area contributed by atoms with Gasteiger partial charge in [0.15, 0.2) is 5.65 Å². The fourth-order valence-corrected chi connectivity index (χ4v) is 4.00. The Hall–Kier alpha value is -3.74. The molecule has 150 valence electrons. The first-order valence-electron chi connectivity index (χ1n) is 9.83. The van der Waals surface area contributed by atoms with Gasteiger partial charge in [0.05, 0.1) is 18.3 Å². The molecule has 5 rings (SSSR count). The zero-order valence-corrected chi connectivity index (χ0v) is 17.4. The molecule has 0 fully saturated rings. The van der Waals surface area contributed by atoms with Crippen molar-refractivity contribution in [2.24, 2.45) is 7.05 Å². The van der Waals surface area contributed by atoms with Crippen molar-refractivity contribution in [1.29, 1.82) is 0 Å². The lowest BCUT2D eigenvalue weighted by atomic mass is 10.0. The van der Waals surface area contributed by atoms with Crippen molar-refractivity contribution in [3.63, 3.8) is 0 Å². The fourth-order valence-electron chi connectivity index (χ4n) is 4.00. The molecule has 0 saturated carbocycles. The van der Waals surface area contributed by atoms with E-state index in [-0.39, 0.29) is 0 Å².